The van der Waals surface area contributed by atoms with Crippen LogP contribution in [0, 0.1) is 0 Å². The SMILES string of the molecule is CCOC(=O)c1cn(CC(F)(F)F)nc1Br. The van der Waals surface area contributed by atoms with Gasteiger partial charge < -0.3 is 4.74 Å². The maximum Gasteiger partial charge on any atom is 0.408 e. The van der Waals surface area contributed by atoms with Crippen molar-refractivity contribution in [1.29, 1.82) is 0 Å². The van der Waals surface area contributed by atoms with Crippen molar-refractivity contribution in [2.75, 3.05) is 6.61 Å². The van der Waals surface area contributed by atoms with Crippen molar-refractivity contribution in [3.8, 4) is 0 Å². The molecule has 0 aliphatic rings. The quantitative estimate of drug-likeness (QED) is 0.805. The van der Waals surface area contributed by atoms with Crippen LogP contribution in [0.1, 0.15) is 17.3 Å². The van der Waals surface area contributed by atoms with E-state index < -0.39 is 18.7 Å². The van der Waals surface area contributed by atoms with Gasteiger partial charge in [0.25, 0.3) is 0 Å². The number of halogens is 4. The van der Waals surface area contributed by atoms with E-state index in [4.69, 9.17) is 0 Å². The Balaban J connectivity index is 2.86. The minimum Gasteiger partial charge on any atom is -0.462 e. The molecule has 1 rings (SSSR count). The Morgan fingerprint density at radius 2 is 2.25 bits per heavy atom. The summed E-state index contributed by atoms with van der Waals surface area (Å²) in [5, 5.41) is 3.51. The zero-order valence-electron chi connectivity index (χ0n) is 8.21. The van der Waals surface area contributed by atoms with Crippen molar-refractivity contribution in [3.63, 3.8) is 0 Å². The number of ether oxygens (including phenoxy) is 1. The number of rotatable bonds is 3. The molecule has 0 aliphatic carbocycles. The normalized spacial score (nSPS) is 11.6. The second kappa shape index (κ2) is 4.86. The highest BCUT2D eigenvalue weighted by Gasteiger charge is 2.29. The Labute approximate surface area is 97.5 Å². The summed E-state index contributed by atoms with van der Waals surface area (Å²) < 4.78 is 41.4. The second-order valence-electron chi connectivity index (χ2n) is 2.87. The standard InChI is InChI=1S/C8H8BrF3N2O2/c1-2-16-7(15)5-3-14(13-6(5)9)4-8(10,11)12/h3H,2,4H2,1H3. The fraction of sp³-hybridized carbons (Fsp3) is 0.500. The summed E-state index contributed by atoms with van der Waals surface area (Å²) in [6.45, 7) is 0.507. The fourth-order valence-electron chi connectivity index (χ4n) is 1.01. The molecule has 1 aromatic rings. The molecule has 0 bridgehead atoms. The first-order valence-electron chi connectivity index (χ1n) is 4.30. The lowest BCUT2D eigenvalue weighted by Gasteiger charge is -2.04. The molecule has 0 N–H and O–H groups in total. The van der Waals surface area contributed by atoms with E-state index in [0.717, 1.165) is 6.20 Å². The van der Waals surface area contributed by atoms with Gasteiger partial charge in [-0.25, -0.2) is 4.79 Å². The van der Waals surface area contributed by atoms with Gasteiger partial charge in [-0.1, -0.05) is 0 Å². The van der Waals surface area contributed by atoms with Crippen LogP contribution in [-0.2, 0) is 11.3 Å². The lowest BCUT2D eigenvalue weighted by molar-refractivity contribution is -0.142. The van der Waals surface area contributed by atoms with Gasteiger partial charge in [-0.15, -0.1) is 0 Å². The van der Waals surface area contributed by atoms with Gasteiger partial charge in [0.05, 0.1) is 6.61 Å². The monoisotopic (exact) mass is 300 g/mol. The molecule has 0 aromatic carbocycles. The largest absolute Gasteiger partial charge is 0.462 e. The number of aromatic nitrogens is 2. The molecule has 8 heteroatoms. The van der Waals surface area contributed by atoms with Crippen LogP contribution in [-0.4, -0.2) is 28.5 Å². The molecular formula is C8H8BrF3N2O2. The van der Waals surface area contributed by atoms with Gasteiger partial charge in [0.1, 0.15) is 16.7 Å². The minimum absolute atomic E-state index is 0.0221. The molecule has 0 aliphatic heterocycles. The number of esters is 1. The third-order valence-electron chi connectivity index (χ3n) is 1.55. The highest BCUT2D eigenvalue weighted by atomic mass is 79.9. The van der Waals surface area contributed by atoms with Crippen molar-refractivity contribution in [3.05, 3.63) is 16.4 Å². The molecule has 0 saturated carbocycles. The van der Waals surface area contributed by atoms with E-state index in [9.17, 15) is 18.0 Å². The third kappa shape index (κ3) is 3.51. The number of hydrogen-bond donors (Lipinski definition) is 0. The van der Waals surface area contributed by atoms with Gasteiger partial charge in [-0.05, 0) is 22.9 Å². The van der Waals surface area contributed by atoms with Crippen LogP contribution in [0.25, 0.3) is 0 Å². The zero-order valence-corrected chi connectivity index (χ0v) is 9.80. The Morgan fingerprint density at radius 3 is 2.75 bits per heavy atom. The Bertz CT molecular complexity index is 389. The Morgan fingerprint density at radius 1 is 1.62 bits per heavy atom. The van der Waals surface area contributed by atoms with E-state index in [2.05, 4.69) is 25.8 Å². The van der Waals surface area contributed by atoms with Crippen LogP contribution in [0.15, 0.2) is 10.8 Å². The second-order valence-corrected chi connectivity index (χ2v) is 3.62. The molecule has 0 fully saturated rings. The van der Waals surface area contributed by atoms with Crippen molar-refractivity contribution in [1.82, 2.24) is 9.78 Å². The van der Waals surface area contributed by atoms with E-state index in [1.54, 1.807) is 6.92 Å². The molecule has 0 amide bonds. The first-order valence-corrected chi connectivity index (χ1v) is 5.09. The summed E-state index contributed by atoms with van der Waals surface area (Å²) in [5.74, 6) is -0.706. The van der Waals surface area contributed by atoms with Crippen molar-refractivity contribution >= 4 is 21.9 Å². The predicted octanol–water partition coefficient (Wildman–Crippen LogP) is 2.38. The predicted molar refractivity (Wildman–Crippen MR) is 51.9 cm³/mol. The van der Waals surface area contributed by atoms with Gasteiger partial charge in [-0.3, -0.25) is 4.68 Å². The van der Waals surface area contributed by atoms with Crippen molar-refractivity contribution < 1.29 is 22.7 Å². The molecule has 0 spiro atoms. The summed E-state index contributed by atoms with van der Waals surface area (Å²) in [5.41, 5.74) is -0.0221. The number of nitrogens with zero attached hydrogens (tertiary/aromatic N) is 2. The smallest absolute Gasteiger partial charge is 0.408 e. The number of hydrogen-bond acceptors (Lipinski definition) is 3. The summed E-state index contributed by atoms with van der Waals surface area (Å²) in [6, 6.07) is 0. The van der Waals surface area contributed by atoms with Crippen LogP contribution >= 0.6 is 15.9 Å². The van der Waals surface area contributed by atoms with Gasteiger partial charge in [0, 0.05) is 6.20 Å². The third-order valence-corrected chi connectivity index (χ3v) is 2.14. The Hall–Kier alpha value is -1.05. The maximum absolute atomic E-state index is 12.0. The van der Waals surface area contributed by atoms with Gasteiger partial charge in [0.2, 0.25) is 0 Å². The summed E-state index contributed by atoms with van der Waals surface area (Å²) >= 11 is 2.90. The van der Waals surface area contributed by atoms with Crippen LogP contribution in [0.3, 0.4) is 0 Å². The molecule has 90 valence electrons. The minimum atomic E-state index is -4.38. The number of carbonyl (C=O) groups is 1. The van der Waals surface area contributed by atoms with Crippen molar-refractivity contribution in [2.45, 2.75) is 19.6 Å². The zero-order chi connectivity index (χ0) is 12.3. The van der Waals surface area contributed by atoms with Crippen LogP contribution in [0.2, 0.25) is 0 Å². The number of alkyl halides is 3. The molecule has 1 heterocycles. The molecule has 4 nitrogen and oxygen atoms in total. The van der Waals surface area contributed by atoms with E-state index in [1.165, 1.54) is 0 Å². The maximum atomic E-state index is 12.0. The van der Waals surface area contributed by atoms with Crippen LogP contribution in [0.4, 0.5) is 13.2 Å². The van der Waals surface area contributed by atoms with E-state index >= 15 is 0 Å². The molecule has 0 saturated heterocycles. The molecular weight excluding hydrogens is 293 g/mol. The van der Waals surface area contributed by atoms with E-state index in [1.807, 2.05) is 0 Å². The lowest BCUT2D eigenvalue weighted by atomic mass is 10.4. The van der Waals surface area contributed by atoms with E-state index in [-0.39, 0.29) is 16.8 Å². The molecule has 0 atom stereocenters. The van der Waals surface area contributed by atoms with Crippen LogP contribution in [0.5, 0.6) is 0 Å². The average molecular weight is 301 g/mol. The fourth-order valence-corrected chi connectivity index (χ4v) is 1.48. The van der Waals surface area contributed by atoms with Crippen molar-refractivity contribution in [2.24, 2.45) is 0 Å². The van der Waals surface area contributed by atoms with E-state index in [0.29, 0.717) is 4.68 Å². The Kier molecular flexibility index (Phi) is 3.95. The summed E-state index contributed by atoms with van der Waals surface area (Å²) in [6.07, 6.45) is -3.38. The molecule has 0 unspecified atom stereocenters. The number of carbonyl (C=O) groups excluding carboxylic acids is 1. The summed E-state index contributed by atoms with van der Waals surface area (Å²) in [4.78, 5) is 11.3. The van der Waals surface area contributed by atoms with Gasteiger partial charge in [-0.2, -0.15) is 18.3 Å². The van der Waals surface area contributed by atoms with Crippen LogP contribution < -0.4 is 0 Å². The molecule has 1 aromatic heterocycles. The average Bonchev–Trinajstić information content (AvgIpc) is 2.44. The lowest BCUT2D eigenvalue weighted by Crippen LogP contribution is -2.18. The molecule has 16 heavy (non-hydrogen) atoms. The van der Waals surface area contributed by atoms with Gasteiger partial charge in [0.15, 0.2) is 0 Å². The first kappa shape index (κ1) is 13.0. The summed E-state index contributed by atoms with van der Waals surface area (Å²) in [7, 11) is 0. The topological polar surface area (TPSA) is 44.1 Å². The highest BCUT2D eigenvalue weighted by molar-refractivity contribution is 9.10. The highest BCUT2D eigenvalue weighted by Crippen LogP contribution is 2.20. The first-order chi connectivity index (χ1) is 7.33. The van der Waals surface area contributed by atoms with Gasteiger partial charge >= 0.3 is 12.1 Å². The molecule has 0 radical (unpaired) electrons.